The normalized spacial score (nSPS) is 12.6. The third-order valence-electron chi connectivity index (χ3n) is 2.26. The molecule has 0 saturated heterocycles. The number of aryl methyl sites for hydroxylation is 1. The predicted molar refractivity (Wildman–Crippen MR) is 60.7 cm³/mol. The molecule has 1 atom stereocenters. The average Bonchev–Trinajstić information content (AvgIpc) is 2.20. The molecule has 1 aromatic carbocycles. The highest BCUT2D eigenvalue weighted by Crippen LogP contribution is 2.32. The van der Waals surface area contributed by atoms with Gasteiger partial charge in [0.05, 0.1) is 13.2 Å². The Morgan fingerprint density at radius 2 is 2.14 bits per heavy atom. The Morgan fingerprint density at radius 1 is 1.50 bits per heavy atom. The van der Waals surface area contributed by atoms with Crippen molar-refractivity contribution in [3.63, 3.8) is 0 Å². The van der Waals surface area contributed by atoms with Crippen molar-refractivity contribution < 1.29 is 9.84 Å². The van der Waals surface area contributed by atoms with Crippen LogP contribution in [0, 0.1) is 6.92 Å². The van der Waals surface area contributed by atoms with Crippen molar-refractivity contribution in [2.75, 3.05) is 7.11 Å². The molecule has 2 nitrogen and oxygen atoms in total. The summed E-state index contributed by atoms with van der Waals surface area (Å²) in [6, 6.07) is 3.85. The largest absolute Gasteiger partial charge is 0.496 e. The lowest BCUT2D eigenvalue weighted by atomic mass is 10.0. The van der Waals surface area contributed by atoms with Crippen molar-refractivity contribution in [2.45, 2.75) is 26.4 Å². The summed E-state index contributed by atoms with van der Waals surface area (Å²) in [5.74, 6) is 0.750. The van der Waals surface area contributed by atoms with Crippen LogP contribution < -0.4 is 4.74 Å². The molecule has 3 heteroatoms. The van der Waals surface area contributed by atoms with E-state index in [9.17, 15) is 5.11 Å². The lowest BCUT2D eigenvalue weighted by Crippen LogP contribution is -2.00. The van der Waals surface area contributed by atoms with Crippen LogP contribution >= 0.6 is 15.9 Å². The number of aliphatic hydroxyl groups is 1. The van der Waals surface area contributed by atoms with Gasteiger partial charge in [-0.3, -0.25) is 0 Å². The Hall–Kier alpha value is -0.540. The van der Waals surface area contributed by atoms with E-state index in [1.807, 2.05) is 26.0 Å². The molecule has 0 radical (unpaired) electrons. The average molecular weight is 259 g/mol. The molecule has 0 aliphatic carbocycles. The van der Waals surface area contributed by atoms with Gasteiger partial charge in [0, 0.05) is 10.0 Å². The van der Waals surface area contributed by atoms with Gasteiger partial charge in [0.25, 0.3) is 0 Å². The van der Waals surface area contributed by atoms with Gasteiger partial charge in [-0.05, 0) is 31.0 Å². The first-order valence-electron chi connectivity index (χ1n) is 4.62. The standard InChI is InChI=1S/C11H15BrO2/c1-4-10(13)8-6-9(12)7(2)5-11(8)14-3/h5-6,10,13H,4H2,1-3H3/t10-/m1/s1. The van der Waals surface area contributed by atoms with Crippen LogP contribution in [0.25, 0.3) is 0 Å². The van der Waals surface area contributed by atoms with E-state index in [0.29, 0.717) is 6.42 Å². The molecular formula is C11H15BrO2. The van der Waals surface area contributed by atoms with Crippen molar-refractivity contribution in [3.05, 3.63) is 27.7 Å². The van der Waals surface area contributed by atoms with Crippen molar-refractivity contribution in [1.82, 2.24) is 0 Å². The van der Waals surface area contributed by atoms with E-state index in [2.05, 4.69) is 15.9 Å². The van der Waals surface area contributed by atoms with Gasteiger partial charge in [0.1, 0.15) is 5.75 Å². The molecule has 1 N–H and O–H groups in total. The van der Waals surface area contributed by atoms with Gasteiger partial charge in [0.15, 0.2) is 0 Å². The third-order valence-corrected chi connectivity index (χ3v) is 3.11. The number of aliphatic hydroxyl groups excluding tert-OH is 1. The molecule has 0 unspecified atom stereocenters. The van der Waals surface area contributed by atoms with Gasteiger partial charge in [-0.15, -0.1) is 0 Å². The van der Waals surface area contributed by atoms with Gasteiger partial charge in [0.2, 0.25) is 0 Å². The Morgan fingerprint density at radius 3 is 2.64 bits per heavy atom. The monoisotopic (exact) mass is 258 g/mol. The van der Waals surface area contributed by atoms with Crippen LogP contribution in [-0.4, -0.2) is 12.2 Å². The fourth-order valence-corrected chi connectivity index (χ4v) is 1.69. The maximum Gasteiger partial charge on any atom is 0.124 e. The van der Waals surface area contributed by atoms with Gasteiger partial charge in [-0.1, -0.05) is 22.9 Å². The van der Waals surface area contributed by atoms with E-state index in [1.54, 1.807) is 7.11 Å². The molecule has 14 heavy (non-hydrogen) atoms. The van der Waals surface area contributed by atoms with E-state index < -0.39 is 6.10 Å². The van der Waals surface area contributed by atoms with Crippen LogP contribution in [0.4, 0.5) is 0 Å². The maximum absolute atomic E-state index is 9.76. The number of benzene rings is 1. The number of halogens is 1. The van der Waals surface area contributed by atoms with Gasteiger partial charge in [-0.2, -0.15) is 0 Å². The molecule has 0 saturated carbocycles. The zero-order chi connectivity index (χ0) is 10.7. The molecule has 78 valence electrons. The second-order valence-electron chi connectivity index (χ2n) is 3.27. The zero-order valence-electron chi connectivity index (χ0n) is 8.67. The molecule has 0 fully saturated rings. The first-order valence-corrected chi connectivity index (χ1v) is 5.41. The van der Waals surface area contributed by atoms with Crippen LogP contribution in [0.15, 0.2) is 16.6 Å². The highest BCUT2D eigenvalue weighted by molar-refractivity contribution is 9.10. The van der Waals surface area contributed by atoms with E-state index in [4.69, 9.17) is 4.74 Å². The molecule has 0 amide bonds. The summed E-state index contributed by atoms with van der Waals surface area (Å²) in [5.41, 5.74) is 1.95. The van der Waals surface area contributed by atoms with E-state index in [-0.39, 0.29) is 0 Å². The van der Waals surface area contributed by atoms with Crippen molar-refractivity contribution >= 4 is 15.9 Å². The van der Waals surface area contributed by atoms with Crippen molar-refractivity contribution in [1.29, 1.82) is 0 Å². The Balaban J connectivity index is 3.19. The molecule has 0 aliphatic heterocycles. The van der Waals surface area contributed by atoms with E-state index in [0.717, 1.165) is 21.3 Å². The summed E-state index contributed by atoms with van der Waals surface area (Å²) in [7, 11) is 1.62. The molecule has 0 bridgehead atoms. The topological polar surface area (TPSA) is 29.5 Å². The fourth-order valence-electron chi connectivity index (χ4n) is 1.33. The molecular weight excluding hydrogens is 244 g/mol. The number of rotatable bonds is 3. The van der Waals surface area contributed by atoms with Crippen molar-refractivity contribution in [2.24, 2.45) is 0 Å². The summed E-state index contributed by atoms with van der Waals surface area (Å²) in [6.45, 7) is 3.94. The Bertz CT molecular complexity index is 323. The Kier molecular flexibility index (Phi) is 3.96. The first kappa shape index (κ1) is 11.5. The Labute approximate surface area is 93.0 Å². The maximum atomic E-state index is 9.76. The summed E-state index contributed by atoms with van der Waals surface area (Å²) >= 11 is 3.44. The highest BCUT2D eigenvalue weighted by Gasteiger charge is 2.13. The summed E-state index contributed by atoms with van der Waals surface area (Å²) in [6.07, 6.45) is 0.230. The van der Waals surface area contributed by atoms with Crippen LogP contribution in [0.2, 0.25) is 0 Å². The predicted octanol–water partition coefficient (Wildman–Crippen LogP) is 3.21. The lowest BCUT2D eigenvalue weighted by Gasteiger charge is -2.14. The van der Waals surface area contributed by atoms with Crippen LogP contribution in [0.3, 0.4) is 0 Å². The zero-order valence-corrected chi connectivity index (χ0v) is 10.3. The van der Waals surface area contributed by atoms with Gasteiger partial charge >= 0.3 is 0 Å². The second-order valence-corrected chi connectivity index (χ2v) is 4.12. The van der Waals surface area contributed by atoms with E-state index in [1.165, 1.54) is 0 Å². The summed E-state index contributed by atoms with van der Waals surface area (Å²) in [5, 5.41) is 9.76. The minimum Gasteiger partial charge on any atom is -0.496 e. The number of hydrogen-bond donors (Lipinski definition) is 1. The minimum atomic E-state index is -0.457. The molecule has 0 aliphatic rings. The number of methoxy groups -OCH3 is 1. The highest BCUT2D eigenvalue weighted by atomic mass is 79.9. The molecule has 0 spiro atoms. The fraction of sp³-hybridized carbons (Fsp3) is 0.455. The number of ether oxygens (including phenoxy) is 1. The molecule has 0 heterocycles. The lowest BCUT2D eigenvalue weighted by molar-refractivity contribution is 0.169. The molecule has 0 aromatic heterocycles. The minimum absolute atomic E-state index is 0.457. The quantitative estimate of drug-likeness (QED) is 0.903. The van der Waals surface area contributed by atoms with E-state index >= 15 is 0 Å². The first-order chi connectivity index (χ1) is 6.60. The second kappa shape index (κ2) is 4.80. The van der Waals surface area contributed by atoms with Crippen LogP contribution in [-0.2, 0) is 0 Å². The summed E-state index contributed by atoms with van der Waals surface area (Å²) in [4.78, 5) is 0. The van der Waals surface area contributed by atoms with Crippen LogP contribution in [0.5, 0.6) is 5.75 Å². The third kappa shape index (κ3) is 2.28. The number of hydrogen-bond acceptors (Lipinski definition) is 2. The summed E-state index contributed by atoms with van der Waals surface area (Å²) < 4.78 is 6.22. The SMILES string of the molecule is CC[C@@H](O)c1cc(Br)c(C)cc1OC. The molecule has 1 aromatic rings. The van der Waals surface area contributed by atoms with Crippen molar-refractivity contribution in [3.8, 4) is 5.75 Å². The van der Waals surface area contributed by atoms with Gasteiger partial charge < -0.3 is 9.84 Å². The molecule has 1 rings (SSSR count). The smallest absolute Gasteiger partial charge is 0.124 e. The van der Waals surface area contributed by atoms with Gasteiger partial charge in [-0.25, -0.2) is 0 Å². The van der Waals surface area contributed by atoms with Crippen LogP contribution in [0.1, 0.15) is 30.6 Å².